The molecule has 0 bridgehead atoms. The number of fused-ring (bicyclic) bond motifs is 1. The Bertz CT molecular complexity index is 963. The smallest absolute Gasteiger partial charge is 0.266 e. The van der Waals surface area contributed by atoms with Gasteiger partial charge >= 0.3 is 0 Å². The molecule has 0 fully saturated rings. The molecule has 128 valence electrons. The highest BCUT2D eigenvalue weighted by Crippen LogP contribution is 2.31. The zero-order chi connectivity index (χ0) is 17.6. The number of hydrogen-bond acceptors (Lipinski definition) is 5. The van der Waals surface area contributed by atoms with E-state index in [0.29, 0.717) is 35.6 Å². The van der Waals surface area contributed by atoms with E-state index in [4.69, 9.17) is 4.52 Å². The predicted octanol–water partition coefficient (Wildman–Crippen LogP) is 3.75. The van der Waals surface area contributed by atoms with Gasteiger partial charge in [-0.1, -0.05) is 17.3 Å². The highest BCUT2D eigenvalue weighted by atomic mass is 32.1. The predicted molar refractivity (Wildman–Crippen MR) is 91.9 cm³/mol. The Morgan fingerprint density at radius 1 is 1.36 bits per heavy atom. The van der Waals surface area contributed by atoms with Crippen molar-refractivity contribution in [2.75, 3.05) is 6.54 Å². The Kier molecular flexibility index (Phi) is 3.88. The van der Waals surface area contributed by atoms with Crippen LogP contribution < -0.4 is 0 Å². The Balaban J connectivity index is 1.66. The topological polar surface area (TPSA) is 59.2 Å². The van der Waals surface area contributed by atoms with Gasteiger partial charge in [0.25, 0.3) is 5.91 Å². The lowest BCUT2D eigenvalue weighted by atomic mass is 10.0. The minimum absolute atomic E-state index is 0.0276. The first-order valence-corrected chi connectivity index (χ1v) is 8.81. The second kappa shape index (κ2) is 6.07. The maximum absolute atomic E-state index is 13.5. The molecule has 0 radical (unpaired) electrons. The van der Waals surface area contributed by atoms with Crippen molar-refractivity contribution < 1.29 is 13.7 Å². The first kappa shape index (κ1) is 16.0. The molecule has 4 rings (SSSR count). The lowest BCUT2D eigenvalue weighted by Gasteiger charge is -2.26. The van der Waals surface area contributed by atoms with Crippen molar-refractivity contribution in [3.63, 3.8) is 0 Å². The Morgan fingerprint density at radius 2 is 2.20 bits per heavy atom. The van der Waals surface area contributed by atoms with E-state index in [1.54, 1.807) is 17.0 Å². The number of carbonyl (C=O) groups is 1. The van der Waals surface area contributed by atoms with Gasteiger partial charge in [-0.25, -0.2) is 9.37 Å². The van der Waals surface area contributed by atoms with Gasteiger partial charge in [0.2, 0.25) is 0 Å². The molecular weight excluding hydrogens is 341 g/mol. The summed E-state index contributed by atoms with van der Waals surface area (Å²) in [6, 6.07) is 6.25. The van der Waals surface area contributed by atoms with Crippen LogP contribution in [0.15, 0.2) is 28.8 Å². The number of carbonyl (C=O) groups excluding carboxylic acids is 1. The van der Waals surface area contributed by atoms with Gasteiger partial charge in [0, 0.05) is 24.1 Å². The van der Waals surface area contributed by atoms with Crippen LogP contribution in [0.2, 0.25) is 0 Å². The largest absolute Gasteiger partial charge is 0.360 e. The number of aryl methyl sites for hydroxylation is 2. The average Bonchev–Trinajstić information content (AvgIpc) is 3.16. The SMILES string of the molecule is Cc1nc(C)c(C(=O)N2CCc3onc(-c4cccc(F)c4)c3C2)s1. The van der Waals surface area contributed by atoms with E-state index in [9.17, 15) is 9.18 Å². The monoisotopic (exact) mass is 357 g/mol. The molecule has 0 aliphatic carbocycles. The minimum atomic E-state index is -0.325. The van der Waals surface area contributed by atoms with Crippen molar-refractivity contribution in [1.82, 2.24) is 15.0 Å². The van der Waals surface area contributed by atoms with Crippen molar-refractivity contribution in [3.8, 4) is 11.3 Å². The summed E-state index contributed by atoms with van der Waals surface area (Å²) in [5.74, 6) is 0.411. The maximum Gasteiger partial charge on any atom is 0.266 e. The number of hydrogen-bond donors (Lipinski definition) is 0. The molecule has 0 spiro atoms. The summed E-state index contributed by atoms with van der Waals surface area (Å²) in [5, 5.41) is 4.99. The van der Waals surface area contributed by atoms with Crippen LogP contribution in [0, 0.1) is 19.7 Å². The van der Waals surface area contributed by atoms with Gasteiger partial charge in [-0.3, -0.25) is 4.79 Å². The standard InChI is InChI=1S/C18H16FN3O2S/c1-10-17(25-11(2)20-10)18(23)22-7-6-15-14(9-22)16(21-24-15)12-4-3-5-13(19)8-12/h3-5,8H,6-7,9H2,1-2H3. The van der Waals surface area contributed by atoms with E-state index >= 15 is 0 Å². The number of rotatable bonds is 2. The summed E-state index contributed by atoms with van der Waals surface area (Å²) < 4.78 is 19.0. The quantitative estimate of drug-likeness (QED) is 0.701. The Labute approximate surface area is 148 Å². The third-order valence-electron chi connectivity index (χ3n) is 4.31. The molecule has 3 heterocycles. The van der Waals surface area contributed by atoms with Crippen molar-refractivity contribution in [2.45, 2.75) is 26.8 Å². The van der Waals surface area contributed by atoms with Crippen LogP contribution in [-0.4, -0.2) is 27.5 Å². The summed E-state index contributed by atoms with van der Waals surface area (Å²) in [6.45, 7) is 4.72. The Hall–Kier alpha value is -2.54. The summed E-state index contributed by atoms with van der Waals surface area (Å²) in [4.78, 5) is 19.6. The van der Waals surface area contributed by atoms with Crippen LogP contribution in [0.1, 0.15) is 31.7 Å². The van der Waals surface area contributed by atoms with Gasteiger partial charge in [0.05, 0.1) is 17.2 Å². The molecule has 0 atom stereocenters. The molecule has 25 heavy (non-hydrogen) atoms. The highest BCUT2D eigenvalue weighted by Gasteiger charge is 2.29. The van der Waals surface area contributed by atoms with E-state index < -0.39 is 0 Å². The van der Waals surface area contributed by atoms with E-state index in [-0.39, 0.29) is 11.7 Å². The fourth-order valence-electron chi connectivity index (χ4n) is 3.12. The van der Waals surface area contributed by atoms with E-state index in [1.165, 1.54) is 23.5 Å². The number of amides is 1. The molecule has 7 heteroatoms. The lowest BCUT2D eigenvalue weighted by Crippen LogP contribution is -2.35. The van der Waals surface area contributed by atoms with Crippen molar-refractivity contribution in [1.29, 1.82) is 0 Å². The maximum atomic E-state index is 13.5. The van der Waals surface area contributed by atoms with Crippen molar-refractivity contribution in [3.05, 3.63) is 57.0 Å². The van der Waals surface area contributed by atoms with Crippen LogP contribution >= 0.6 is 11.3 Å². The van der Waals surface area contributed by atoms with Crippen LogP contribution in [0.25, 0.3) is 11.3 Å². The van der Waals surface area contributed by atoms with Crippen molar-refractivity contribution >= 4 is 17.2 Å². The van der Waals surface area contributed by atoms with E-state index in [2.05, 4.69) is 10.1 Å². The van der Waals surface area contributed by atoms with Crippen LogP contribution in [0.4, 0.5) is 4.39 Å². The summed E-state index contributed by atoms with van der Waals surface area (Å²) >= 11 is 1.41. The molecule has 1 aromatic carbocycles. The van der Waals surface area contributed by atoms with Gasteiger partial charge in [0.15, 0.2) is 0 Å². The van der Waals surface area contributed by atoms with Gasteiger partial charge in [0.1, 0.15) is 22.1 Å². The first-order valence-electron chi connectivity index (χ1n) is 7.99. The number of aromatic nitrogens is 2. The molecule has 1 aliphatic rings. The lowest BCUT2D eigenvalue weighted by molar-refractivity contribution is 0.0733. The first-order chi connectivity index (χ1) is 12.0. The number of nitrogens with zero attached hydrogens (tertiary/aromatic N) is 3. The number of benzene rings is 1. The zero-order valence-corrected chi connectivity index (χ0v) is 14.7. The zero-order valence-electron chi connectivity index (χ0n) is 13.9. The van der Waals surface area contributed by atoms with Crippen molar-refractivity contribution in [2.24, 2.45) is 0 Å². The number of halogens is 1. The van der Waals surface area contributed by atoms with Gasteiger partial charge < -0.3 is 9.42 Å². The van der Waals surface area contributed by atoms with Crippen LogP contribution in [-0.2, 0) is 13.0 Å². The molecule has 2 aromatic heterocycles. The second-order valence-corrected chi connectivity index (χ2v) is 7.27. The van der Waals surface area contributed by atoms with Gasteiger partial charge in [-0.2, -0.15) is 0 Å². The van der Waals surface area contributed by atoms with Crippen LogP contribution in [0.5, 0.6) is 0 Å². The molecule has 0 saturated heterocycles. The molecule has 1 aliphatic heterocycles. The molecular formula is C18H16FN3O2S. The highest BCUT2D eigenvalue weighted by molar-refractivity contribution is 7.13. The number of thiazole rings is 1. The molecule has 0 saturated carbocycles. The normalized spacial score (nSPS) is 13.8. The fourth-order valence-corrected chi connectivity index (χ4v) is 4.01. The molecule has 0 N–H and O–H groups in total. The summed E-state index contributed by atoms with van der Waals surface area (Å²) in [7, 11) is 0. The summed E-state index contributed by atoms with van der Waals surface area (Å²) in [5.41, 5.74) is 2.87. The van der Waals surface area contributed by atoms with Gasteiger partial charge in [-0.05, 0) is 26.0 Å². The third-order valence-corrected chi connectivity index (χ3v) is 5.37. The molecule has 1 amide bonds. The summed E-state index contributed by atoms with van der Waals surface area (Å²) in [6.07, 6.45) is 0.597. The molecule has 0 unspecified atom stereocenters. The van der Waals surface area contributed by atoms with E-state index in [1.807, 2.05) is 13.8 Å². The van der Waals surface area contributed by atoms with Crippen LogP contribution in [0.3, 0.4) is 0 Å². The second-order valence-electron chi connectivity index (χ2n) is 6.07. The average molecular weight is 357 g/mol. The van der Waals surface area contributed by atoms with Gasteiger partial charge in [-0.15, -0.1) is 11.3 Å². The molecule has 5 nitrogen and oxygen atoms in total. The van der Waals surface area contributed by atoms with E-state index in [0.717, 1.165) is 22.0 Å². The Morgan fingerprint density at radius 3 is 2.92 bits per heavy atom. The third kappa shape index (κ3) is 2.84. The minimum Gasteiger partial charge on any atom is -0.360 e. The fraction of sp³-hybridized carbons (Fsp3) is 0.278. The molecule has 3 aromatic rings.